The number of carbonyl (C=O) groups is 1. The van der Waals surface area contributed by atoms with Crippen LogP contribution < -0.4 is 10.1 Å². The van der Waals surface area contributed by atoms with Crippen LogP contribution in [0, 0.1) is 0 Å². The van der Waals surface area contributed by atoms with Gasteiger partial charge in [0.2, 0.25) is 0 Å². The van der Waals surface area contributed by atoms with Crippen molar-refractivity contribution in [3.05, 3.63) is 78.1 Å². The molecule has 1 aromatic carbocycles. The second kappa shape index (κ2) is 6.95. The zero-order valence-corrected chi connectivity index (χ0v) is 13.5. The summed E-state index contributed by atoms with van der Waals surface area (Å²) in [6.07, 6.45) is 6.74. The van der Waals surface area contributed by atoms with E-state index in [0.717, 1.165) is 17.1 Å². The molecule has 3 aromatic rings. The number of rotatable bonds is 5. The van der Waals surface area contributed by atoms with Gasteiger partial charge in [0, 0.05) is 37.4 Å². The maximum atomic E-state index is 12.6. The third kappa shape index (κ3) is 3.27. The lowest BCUT2D eigenvalue weighted by Crippen LogP contribution is -2.31. The summed E-state index contributed by atoms with van der Waals surface area (Å²) < 4.78 is 7.18. The number of benzene rings is 1. The standard InChI is InChI=1S/C18H18N4O2/c1-22-11-10-20-17(22)16(14-4-3-5-15(12-14)24-2)21-18(23)13-6-8-19-9-7-13/h3-12,16H,1-2H3,(H,21,23)/t16-/m1/s1. The summed E-state index contributed by atoms with van der Waals surface area (Å²) in [7, 11) is 3.51. The maximum absolute atomic E-state index is 12.6. The van der Waals surface area contributed by atoms with Gasteiger partial charge < -0.3 is 14.6 Å². The number of ether oxygens (including phenoxy) is 1. The van der Waals surface area contributed by atoms with Gasteiger partial charge in [-0.25, -0.2) is 4.98 Å². The quantitative estimate of drug-likeness (QED) is 0.783. The molecule has 0 aliphatic carbocycles. The highest BCUT2D eigenvalue weighted by molar-refractivity contribution is 5.94. The van der Waals surface area contributed by atoms with E-state index in [9.17, 15) is 4.79 Å². The van der Waals surface area contributed by atoms with E-state index in [4.69, 9.17) is 4.74 Å². The fourth-order valence-electron chi connectivity index (χ4n) is 2.49. The third-order valence-electron chi connectivity index (χ3n) is 3.76. The van der Waals surface area contributed by atoms with E-state index >= 15 is 0 Å². The van der Waals surface area contributed by atoms with Crippen molar-refractivity contribution < 1.29 is 9.53 Å². The number of hydrogen-bond donors (Lipinski definition) is 1. The van der Waals surface area contributed by atoms with Gasteiger partial charge in [-0.05, 0) is 29.8 Å². The molecule has 0 saturated carbocycles. The first-order chi connectivity index (χ1) is 11.7. The highest BCUT2D eigenvalue weighted by Gasteiger charge is 2.21. The van der Waals surface area contributed by atoms with Gasteiger partial charge in [0.25, 0.3) is 5.91 Å². The van der Waals surface area contributed by atoms with Gasteiger partial charge in [-0.2, -0.15) is 0 Å². The summed E-state index contributed by atoms with van der Waals surface area (Å²) in [6, 6.07) is 10.6. The lowest BCUT2D eigenvalue weighted by molar-refractivity contribution is 0.0941. The van der Waals surface area contributed by atoms with Crippen LogP contribution in [0.2, 0.25) is 0 Å². The first-order valence-electron chi connectivity index (χ1n) is 7.51. The molecule has 0 fully saturated rings. The van der Waals surface area contributed by atoms with Crippen LogP contribution in [0.5, 0.6) is 5.75 Å². The first-order valence-corrected chi connectivity index (χ1v) is 7.51. The average molecular weight is 322 g/mol. The first kappa shape index (κ1) is 15.7. The van der Waals surface area contributed by atoms with Gasteiger partial charge in [-0.1, -0.05) is 12.1 Å². The van der Waals surface area contributed by atoms with Crippen molar-refractivity contribution in [2.24, 2.45) is 7.05 Å². The van der Waals surface area contributed by atoms with Crippen LogP contribution in [0.25, 0.3) is 0 Å². The Morgan fingerprint density at radius 1 is 1.21 bits per heavy atom. The third-order valence-corrected chi connectivity index (χ3v) is 3.76. The molecular weight excluding hydrogens is 304 g/mol. The Morgan fingerprint density at radius 3 is 2.67 bits per heavy atom. The SMILES string of the molecule is COc1cccc([C@@H](NC(=O)c2ccncc2)c2nccn2C)c1. The highest BCUT2D eigenvalue weighted by atomic mass is 16.5. The molecule has 1 amide bonds. The molecule has 0 unspecified atom stereocenters. The minimum absolute atomic E-state index is 0.187. The number of amides is 1. The number of aryl methyl sites for hydroxylation is 1. The maximum Gasteiger partial charge on any atom is 0.252 e. The van der Waals surface area contributed by atoms with E-state index < -0.39 is 0 Å². The molecule has 0 aliphatic rings. The Morgan fingerprint density at radius 2 is 2.00 bits per heavy atom. The molecule has 1 N–H and O–H groups in total. The van der Waals surface area contributed by atoms with Crippen LogP contribution in [0.3, 0.4) is 0 Å². The summed E-state index contributed by atoms with van der Waals surface area (Å²) in [5.74, 6) is 1.28. The highest BCUT2D eigenvalue weighted by Crippen LogP contribution is 2.24. The Balaban J connectivity index is 1.96. The van der Waals surface area contributed by atoms with Gasteiger partial charge >= 0.3 is 0 Å². The topological polar surface area (TPSA) is 69.0 Å². The molecule has 122 valence electrons. The van der Waals surface area contributed by atoms with Crippen LogP contribution in [-0.4, -0.2) is 27.6 Å². The second-order valence-corrected chi connectivity index (χ2v) is 5.32. The van der Waals surface area contributed by atoms with Crippen LogP contribution in [0.4, 0.5) is 0 Å². The number of nitrogens with one attached hydrogen (secondary N) is 1. The van der Waals surface area contributed by atoms with Crippen molar-refractivity contribution in [2.45, 2.75) is 6.04 Å². The fraction of sp³-hybridized carbons (Fsp3) is 0.167. The molecular formula is C18H18N4O2. The number of nitrogens with zero attached hydrogens (tertiary/aromatic N) is 3. The monoisotopic (exact) mass is 322 g/mol. The number of hydrogen-bond acceptors (Lipinski definition) is 4. The molecule has 6 heteroatoms. The zero-order chi connectivity index (χ0) is 16.9. The Bertz CT molecular complexity index is 830. The molecule has 0 spiro atoms. The van der Waals surface area contributed by atoms with Crippen LogP contribution in [0.15, 0.2) is 61.2 Å². The van der Waals surface area contributed by atoms with E-state index in [0.29, 0.717) is 5.56 Å². The molecule has 2 aromatic heterocycles. The van der Waals surface area contributed by atoms with Crippen molar-refractivity contribution in [2.75, 3.05) is 7.11 Å². The van der Waals surface area contributed by atoms with Crippen molar-refractivity contribution in [3.8, 4) is 5.75 Å². The number of pyridine rings is 1. The molecule has 0 aliphatic heterocycles. The van der Waals surface area contributed by atoms with E-state index in [-0.39, 0.29) is 11.9 Å². The normalized spacial score (nSPS) is 11.8. The van der Waals surface area contributed by atoms with Crippen LogP contribution in [-0.2, 0) is 7.05 Å². The molecule has 6 nitrogen and oxygen atoms in total. The predicted octanol–water partition coefficient (Wildman–Crippen LogP) is 2.34. The number of carbonyl (C=O) groups excluding carboxylic acids is 1. The van der Waals surface area contributed by atoms with Gasteiger partial charge in [-0.3, -0.25) is 9.78 Å². The number of aromatic nitrogens is 3. The van der Waals surface area contributed by atoms with E-state index in [1.165, 1.54) is 0 Å². The Hall–Kier alpha value is -3.15. The van der Waals surface area contributed by atoms with Crippen LogP contribution in [0.1, 0.15) is 27.8 Å². The summed E-state index contributed by atoms with van der Waals surface area (Å²) >= 11 is 0. The summed E-state index contributed by atoms with van der Waals surface area (Å²) in [6.45, 7) is 0. The second-order valence-electron chi connectivity index (χ2n) is 5.32. The lowest BCUT2D eigenvalue weighted by atomic mass is 10.0. The molecule has 24 heavy (non-hydrogen) atoms. The molecule has 0 bridgehead atoms. The average Bonchev–Trinajstić information content (AvgIpc) is 3.06. The van der Waals surface area contributed by atoms with Crippen molar-refractivity contribution in [3.63, 3.8) is 0 Å². The minimum Gasteiger partial charge on any atom is -0.497 e. The molecule has 1 atom stereocenters. The van der Waals surface area contributed by atoms with E-state index in [2.05, 4.69) is 15.3 Å². The summed E-state index contributed by atoms with van der Waals surface area (Å²) in [5, 5.41) is 3.04. The molecule has 0 radical (unpaired) electrons. The van der Waals surface area contributed by atoms with Crippen molar-refractivity contribution in [1.29, 1.82) is 0 Å². The minimum atomic E-state index is -0.388. The molecule has 2 heterocycles. The Kier molecular flexibility index (Phi) is 4.56. The molecule has 0 saturated heterocycles. The lowest BCUT2D eigenvalue weighted by Gasteiger charge is -2.19. The van der Waals surface area contributed by atoms with Gasteiger partial charge in [0.15, 0.2) is 0 Å². The van der Waals surface area contributed by atoms with Gasteiger partial charge in [0.05, 0.1) is 7.11 Å². The smallest absolute Gasteiger partial charge is 0.252 e. The summed E-state index contributed by atoms with van der Waals surface area (Å²) in [5.41, 5.74) is 1.44. The van der Waals surface area contributed by atoms with Crippen molar-refractivity contribution >= 4 is 5.91 Å². The largest absolute Gasteiger partial charge is 0.497 e. The predicted molar refractivity (Wildman–Crippen MR) is 89.7 cm³/mol. The zero-order valence-electron chi connectivity index (χ0n) is 13.5. The van der Waals surface area contributed by atoms with Crippen LogP contribution >= 0.6 is 0 Å². The number of imidazole rings is 1. The molecule has 3 rings (SSSR count). The van der Waals surface area contributed by atoms with E-state index in [1.807, 2.05) is 42.1 Å². The van der Waals surface area contributed by atoms with Crippen molar-refractivity contribution in [1.82, 2.24) is 19.9 Å². The summed E-state index contributed by atoms with van der Waals surface area (Å²) in [4.78, 5) is 20.9. The van der Waals surface area contributed by atoms with E-state index in [1.54, 1.807) is 37.8 Å². The Labute approximate surface area is 140 Å². The van der Waals surface area contributed by atoms with Gasteiger partial charge in [0.1, 0.15) is 17.6 Å². The van der Waals surface area contributed by atoms with Gasteiger partial charge in [-0.15, -0.1) is 0 Å². The fourth-order valence-corrected chi connectivity index (χ4v) is 2.49. The number of methoxy groups -OCH3 is 1.